The highest BCUT2D eigenvalue weighted by molar-refractivity contribution is 6.11. The normalized spacial score (nSPS) is 14.7. The molecule has 1 aliphatic heterocycles. The Morgan fingerprint density at radius 3 is 2.65 bits per heavy atom. The monoisotopic (exact) mass is 310 g/mol. The molecular weight excluding hydrogens is 292 g/mol. The zero-order chi connectivity index (χ0) is 16.4. The van der Waals surface area contributed by atoms with Gasteiger partial charge in [0.05, 0.1) is 31.1 Å². The molecule has 0 bridgehead atoms. The van der Waals surface area contributed by atoms with Crippen molar-refractivity contribution < 1.29 is 14.3 Å². The van der Waals surface area contributed by atoms with Gasteiger partial charge in [0, 0.05) is 11.6 Å². The number of methoxy groups -OCH3 is 1. The molecule has 1 atom stereocenters. The van der Waals surface area contributed by atoms with E-state index in [-0.39, 0.29) is 18.2 Å². The van der Waals surface area contributed by atoms with E-state index in [1.807, 2.05) is 24.3 Å². The quantitative estimate of drug-likeness (QED) is 0.882. The average Bonchev–Trinajstić information content (AvgIpc) is 2.60. The molecule has 0 aromatic heterocycles. The van der Waals surface area contributed by atoms with Gasteiger partial charge >= 0.3 is 0 Å². The Labute approximate surface area is 134 Å². The van der Waals surface area contributed by atoms with Gasteiger partial charge in [-0.05, 0) is 19.1 Å². The van der Waals surface area contributed by atoms with E-state index in [9.17, 15) is 9.59 Å². The van der Waals surface area contributed by atoms with Crippen LogP contribution in [0.1, 0.15) is 17.3 Å². The average molecular weight is 310 g/mol. The molecule has 0 saturated heterocycles. The number of carbonyl (C=O) groups excluding carboxylic acids is 2. The number of hydrogen-bond acceptors (Lipinski definition) is 4. The first-order chi connectivity index (χ1) is 11.1. The molecule has 0 saturated carbocycles. The van der Waals surface area contributed by atoms with Crippen molar-refractivity contribution >= 4 is 23.1 Å². The number of nitrogens with one attached hydrogen (secondary N) is 1. The lowest BCUT2D eigenvalue weighted by molar-refractivity contribution is -0.117. The van der Waals surface area contributed by atoms with Crippen LogP contribution in [0.15, 0.2) is 48.5 Å². The molecule has 1 amide bonds. The molecule has 0 spiro atoms. The summed E-state index contributed by atoms with van der Waals surface area (Å²) in [6.45, 7) is 1.92. The van der Waals surface area contributed by atoms with Gasteiger partial charge in [0.15, 0.2) is 5.78 Å². The summed E-state index contributed by atoms with van der Waals surface area (Å²) in [4.78, 5) is 26.6. The minimum absolute atomic E-state index is 0.0809. The van der Waals surface area contributed by atoms with Crippen molar-refractivity contribution in [3.63, 3.8) is 0 Å². The zero-order valence-corrected chi connectivity index (χ0v) is 13.1. The summed E-state index contributed by atoms with van der Waals surface area (Å²) >= 11 is 0. The van der Waals surface area contributed by atoms with Crippen molar-refractivity contribution in [1.82, 2.24) is 0 Å². The second-order valence-electron chi connectivity index (χ2n) is 5.41. The highest BCUT2D eigenvalue weighted by Crippen LogP contribution is 2.34. The van der Waals surface area contributed by atoms with Crippen LogP contribution < -0.4 is 15.0 Å². The standard InChI is InChI=1S/C18H18N2O3/c1-12(18(22)13-6-4-3-5-7-13)20-16-9-8-14(23-2)10-15(16)19-11-17(20)21/h3-10,12,19H,11H2,1-2H3. The molecule has 1 unspecified atom stereocenters. The van der Waals surface area contributed by atoms with E-state index in [2.05, 4.69) is 5.32 Å². The van der Waals surface area contributed by atoms with Gasteiger partial charge in [-0.2, -0.15) is 0 Å². The van der Waals surface area contributed by atoms with Crippen molar-refractivity contribution in [2.75, 3.05) is 23.9 Å². The highest BCUT2D eigenvalue weighted by atomic mass is 16.5. The Kier molecular flexibility index (Phi) is 4.02. The number of ether oxygens (including phenoxy) is 1. The van der Waals surface area contributed by atoms with E-state index in [0.717, 1.165) is 5.69 Å². The van der Waals surface area contributed by atoms with Crippen molar-refractivity contribution in [1.29, 1.82) is 0 Å². The van der Waals surface area contributed by atoms with Crippen LogP contribution >= 0.6 is 0 Å². The molecule has 1 heterocycles. The first-order valence-corrected chi connectivity index (χ1v) is 7.45. The molecular formula is C18H18N2O3. The van der Waals surface area contributed by atoms with Gasteiger partial charge in [-0.1, -0.05) is 30.3 Å². The van der Waals surface area contributed by atoms with E-state index in [1.165, 1.54) is 0 Å². The number of ketones is 1. The Balaban J connectivity index is 1.96. The summed E-state index contributed by atoms with van der Waals surface area (Å²) in [5, 5.41) is 3.07. The predicted octanol–water partition coefficient (Wildman–Crippen LogP) is 2.73. The number of carbonyl (C=O) groups is 2. The van der Waals surface area contributed by atoms with Gasteiger partial charge in [-0.3, -0.25) is 14.5 Å². The van der Waals surface area contributed by atoms with Crippen molar-refractivity contribution in [2.24, 2.45) is 0 Å². The lowest BCUT2D eigenvalue weighted by atomic mass is 10.0. The molecule has 23 heavy (non-hydrogen) atoms. The smallest absolute Gasteiger partial charge is 0.247 e. The van der Waals surface area contributed by atoms with Crippen LogP contribution in [-0.2, 0) is 4.79 Å². The second-order valence-corrected chi connectivity index (χ2v) is 5.41. The van der Waals surface area contributed by atoms with Crippen LogP contribution in [0.5, 0.6) is 5.75 Å². The molecule has 3 rings (SSSR count). The number of anilines is 2. The topological polar surface area (TPSA) is 58.6 Å². The number of Topliss-reactive ketones (excluding diaryl/α,β-unsaturated/α-hetero) is 1. The summed E-state index contributed by atoms with van der Waals surface area (Å²) in [6.07, 6.45) is 0. The maximum absolute atomic E-state index is 12.7. The number of amides is 1. The molecule has 2 aromatic carbocycles. The molecule has 0 radical (unpaired) electrons. The molecule has 1 aliphatic rings. The van der Waals surface area contributed by atoms with Gasteiger partial charge in [-0.25, -0.2) is 0 Å². The lowest BCUT2D eigenvalue weighted by Gasteiger charge is -2.34. The zero-order valence-electron chi connectivity index (χ0n) is 13.1. The van der Waals surface area contributed by atoms with Crippen LogP contribution in [-0.4, -0.2) is 31.4 Å². The largest absolute Gasteiger partial charge is 0.497 e. The SMILES string of the molecule is COc1ccc2c(c1)NCC(=O)N2C(C)C(=O)c1ccccc1. The fourth-order valence-electron chi connectivity index (χ4n) is 2.77. The summed E-state index contributed by atoms with van der Waals surface area (Å²) in [7, 11) is 1.59. The third-order valence-electron chi connectivity index (χ3n) is 3.99. The molecule has 2 aromatic rings. The van der Waals surface area contributed by atoms with Crippen LogP contribution in [0.4, 0.5) is 11.4 Å². The fraction of sp³-hybridized carbons (Fsp3) is 0.222. The minimum Gasteiger partial charge on any atom is -0.497 e. The van der Waals surface area contributed by atoms with E-state index in [1.54, 1.807) is 43.2 Å². The maximum Gasteiger partial charge on any atom is 0.247 e. The Hall–Kier alpha value is -2.82. The number of nitrogens with zero attached hydrogens (tertiary/aromatic N) is 1. The van der Waals surface area contributed by atoms with Crippen LogP contribution in [0.2, 0.25) is 0 Å². The first-order valence-electron chi connectivity index (χ1n) is 7.45. The first kappa shape index (κ1) is 15.1. The van der Waals surface area contributed by atoms with Gasteiger partial charge in [0.1, 0.15) is 5.75 Å². The number of benzene rings is 2. The predicted molar refractivity (Wildman–Crippen MR) is 89.2 cm³/mol. The van der Waals surface area contributed by atoms with Crippen molar-refractivity contribution in [3.05, 3.63) is 54.1 Å². The third kappa shape index (κ3) is 2.77. The summed E-state index contributed by atoms with van der Waals surface area (Å²) in [6, 6.07) is 13.9. The van der Waals surface area contributed by atoms with E-state index in [4.69, 9.17) is 4.74 Å². The highest BCUT2D eigenvalue weighted by Gasteiger charge is 2.32. The second kappa shape index (κ2) is 6.12. The van der Waals surface area contributed by atoms with Crippen LogP contribution in [0.25, 0.3) is 0 Å². The van der Waals surface area contributed by atoms with Gasteiger partial charge in [-0.15, -0.1) is 0 Å². The molecule has 0 fully saturated rings. The van der Waals surface area contributed by atoms with Crippen LogP contribution in [0, 0.1) is 0 Å². The number of fused-ring (bicyclic) bond motifs is 1. The van der Waals surface area contributed by atoms with Crippen molar-refractivity contribution in [3.8, 4) is 5.75 Å². The maximum atomic E-state index is 12.7. The Bertz CT molecular complexity index is 743. The number of hydrogen-bond donors (Lipinski definition) is 1. The van der Waals surface area contributed by atoms with E-state index in [0.29, 0.717) is 17.0 Å². The minimum atomic E-state index is -0.570. The van der Waals surface area contributed by atoms with Crippen LogP contribution in [0.3, 0.4) is 0 Å². The molecule has 5 heteroatoms. The van der Waals surface area contributed by atoms with E-state index < -0.39 is 6.04 Å². The Morgan fingerprint density at radius 1 is 1.22 bits per heavy atom. The fourth-order valence-corrected chi connectivity index (χ4v) is 2.77. The number of rotatable bonds is 4. The van der Waals surface area contributed by atoms with Gasteiger partial charge in [0.25, 0.3) is 0 Å². The molecule has 1 N–H and O–H groups in total. The molecule has 118 valence electrons. The summed E-state index contributed by atoms with van der Waals surface area (Å²) in [5.74, 6) is 0.495. The Morgan fingerprint density at radius 2 is 1.96 bits per heavy atom. The summed E-state index contributed by atoms with van der Waals surface area (Å²) in [5.41, 5.74) is 2.08. The van der Waals surface area contributed by atoms with Gasteiger partial charge in [0.2, 0.25) is 5.91 Å². The molecule has 0 aliphatic carbocycles. The lowest BCUT2D eigenvalue weighted by Crippen LogP contribution is -2.48. The van der Waals surface area contributed by atoms with Gasteiger partial charge < -0.3 is 10.1 Å². The van der Waals surface area contributed by atoms with E-state index >= 15 is 0 Å². The third-order valence-corrected chi connectivity index (χ3v) is 3.99. The summed E-state index contributed by atoms with van der Waals surface area (Å²) < 4.78 is 5.21. The molecule has 5 nitrogen and oxygen atoms in total. The van der Waals surface area contributed by atoms with Crippen molar-refractivity contribution in [2.45, 2.75) is 13.0 Å².